The molecule has 2 N–H and O–H groups in total. The quantitative estimate of drug-likeness (QED) is 0.741. The number of hydrogen-bond acceptors (Lipinski definition) is 2. The van der Waals surface area contributed by atoms with E-state index in [0.717, 1.165) is 25.5 Å². The molecule has 0 aliphatic carbocycles. The second-order valence-electron chi connectivity index (χ2n) is 4.52. The van der Waals surface area contributed by atoms with E-state index in [-0.39, 0.29) is 5.60 Å². The molecular formula is C11H27NO. The first-order chi connectivity index (χ1) is 5.83. The van der Waals surface area contributed by atoms with E-state index in [1.54, 1.807) is 0 Å². The van der Waals surface area contributed by atoms with Gasteiger partial charge in [0, 0.05) is 6.61 Å². The minimum atomic E-state index is 0.0503. The highest BCUT2D eigenvalue weighted by Gasteiger charge is 2.06. The molecule has 13 heavy (non-hydrogen) atoms. The first-order valence-corrected chi connectivity index (χ1v) is 5.17. The highest BCUT2D eigenvalue weighted by atomic mass is 16.5. The fraction of sp³-hybridized carbons (Fsp3) is 1.00. The van der Waals surface area contributed by atoms with Crippen LogP contribution < -0.4 is 5.73 Å². The zero-order valence-electron chi connectivity index (χ0n) is 10.2. The van der Waals surface area contributed by atoms with Gasteiger partial charge in [-0.2, -0.15) is 0 Å². The SMILES string of the molecule is CC(C)CCN.CCOC(C)(C)C. The van der Waals surface area contributed by atoms with E-state index in [2.05, 4.69) is 34.6 Å². The number of hydrogen-bond donors (Lipinski definition) is 1. The van der Waals surface area contributed by atoms with Gasteiger partial charge in [-0.25, -0.2) is 0 Å². The zero-order chi connectivity index (χ0) is 10.9. The Labute approximate surface area is 83.8 Å². The summed E-state index contributed by atoms with van der Waals surface area (Å²) in [5.41, 5.74) is 5.28. The molecule has 2 heteroatoms. The van der Waals surface area contributed by atoms with Crippen LogP contribution in [0.25, 0.3) is 0 Å². The maximum absolute atomic E-state index is 5.23. The van der Waals surface area contributed by atoms with Crippen molar-refractivity contribution in [3.05, 3.63) is 0 Å². The topological polar surface area (TPSA) is 35.2 Å². The maximum atomic E-state index is 5.23. The Hall–Kier alpha value is -0.0800. The van der Waals surface area contributed by atoms with Crippen LogP contribution in [-0.2, 0) is 4.74 Å². The van der Waals surface area contributed by atoms with Gasteiger partial charge in [0.05, 0.1) is 5.60 Å². The van der Waals surface area contributed by atoms with E-state index in [1.165, 1.54) is 0 Å². The lowest BCUT2D eigenvalue weighted by Gasteiger charge is -2.17. The van der Waals surface area contributed by atoms with Gasteiger partial charge in [-0.15, -0.1) is 0 Å². The minimum Gasteiger partial charge on any atom is -0.376 e. The molecule has 0 aromatic rings. The lowest BCUT2D eigenvalue weighted by Crippen LogP contribution is -2.18. The largest absolute Gasteiger partial charge is 0.376 e. The van der Waals surface area contributed by atoms with Gasteiger partial charge in [-0.1, -0.05) is 13.8 Å². The molecule has 0 amide bonds. The number of nitrogens with two attached hydrogens (primary N) is 1. The van der Waals surface area contributed by atoms with Crippen molar-refractivity contribution in [2.45, 2.75) is 53.6 Å². The van der Waals surface area contributed by atoms with E-state index >= 15 is 0 Å². The standard InChI is InChI=1S/C6H14O.C5H13N/c1-5-7-6(2,3)4;1-5(2)3-4-6/h5H2,1-4H3;5H,3-4,6H2,1-2H3. The van der Waals surface area contributed by atoms with Crippen molar-refractivity contribution < 1.29 is 4.74 Å². The average molecular weight is 189 g/mol. The molecule has 2 nitrogen and oxygen atoms in total. The van der Waals surface area contributed by atoms with Gasteiger partial charge in [0.25, 0.3) is 0 Å². The third-order valence-electron chi connectivity index (χ3n) is 1.32. The molecule has 0 radical (unpaired) electrons. The molecule has 0 aliphatic rings. The normalized spacial score (nSPS) is 11.1. The molecule has 0 bridgehead atoms. The summed E-state index contributed by atoms with van der Waals surface area (Å²) >= 11 is 0. The van der Waals surface area contributed by atoms with Crippen LogP contribution in [0.3, 0.4) is 0 Å². The molecule has 0 aliphatic heterocycles. The van der Waals surface area contributed by atoms with E-state index in [4.69, 9.17) is 10.5 Å². The molecule has 82 valence electrons. The van der Waals surface area contributed by atoms with Crippen molar-refractivity contribution in [3.8, 4) is 0 Å². The summed E-state index contributed by atoms with van der Waals surface area (Å²) < 4.78 is 5.23. The van der Waals surface area contributed by atoms with Crippen molar-refractivity contribution >= 4 is 0 Å². The number of rotatable bonds is 3. The average Bonchev–Trinajstić information content (AvgIpc) is 1.84. The van der Waals surface area contributed by atoms with Crippen LogP contribution in [0, 0.1) is 5.92 Å². The zero-order valence-corrected chi connectivity index (χ0v) is 10.2. The Morgan fingerprint density at radius 2 is 1.69 bits per heavy atom. The Balaban J connectivity index is 0. The molecule has 0 spiro atoms. The summed E-state index contributed by atoms with van der Waals surface area (Å²) in [4.78, 5) is 0. The van der Waals surface area contributed by atoms with Crippen molar-refractivity contribution in [1.82, 2.24) is 0 Å². The Kier molecular flexibility index (Phi) is 10.1. The van der Waals surface area contributed by atoms with Gasteiger partial charge < -0.3 is 10.5 Å². The highest BCUT2D eigenvalue weighted by molar-refractivity contribution is 4.56. The van der Waals surface area contributed by atoms with Gasteiger partial charge in [-0.3, -0.25) is 0 Å². The molecule has 0 fully saturated rings. The molecule has 0 rings (SSSR count). The van der Waals surface area contributed by atoms with Crippen molar-refractivity contribution in [3.63, 3.8) is 0 Å². The van der Waals surface area contributed by atoms with Crippen LogP contribution in [0.15, 0.2) is 0 Å². The highest BCUT2D eigenvalue weighted by Crippen LogP contribution is 2.04. The summed E-state index contributed by atoms with van der Waals surface area (Å²) in [6.07, 6.45) is 1.15. The van der Waals surface area contributed by atoms with Gasteiger partial charge in [0.15, 0.2) is 0 Å². The molecular weight excluding hydrogens is 162 g/mol. The first-order valence-electron chi connectivity index (χ1n) is 5.17. The Morgan fingerprint density at radius 3 is 1.69 bits per heavy atom. The Morgan fingerprint density at radius 1 is 1.23 bits per heavy atom. The van der Waals surface area contributed by atoms with Gasteiger partial charge in [0.1, 0.15) is 0 Å². The van der Waals surface area contributed by atoms with E-state index in [9.17, 15) is 0 Å². The summed E-state index contributed by atoms with van der Waals surface area (Å²) in [6.45, 7) is 14.1. The van der Waals surface area contributed by atoms with Crippen molar-refractivity contribution in [2.24, 2.45) is 11.7 Å². The summed E-state index contributed by atoms with van der Waals surface area (Å²) in [7, 11) is 0. The maximum Gasteiger partial charge on any atom is 0.0598 e. The van der Waals surface area contributed by atoms with Crippen LogP contribution in [0.1, 0.15) is 48.0 Å². The van der Waals surface area contributed by atoms with Crippen LogP contribution in [-0.4, -0.2) is 18.8 Å². The Bertz CT molecular complexity index is 94.8. The minimum absolute atomic E-state index is 0.0503. The predicted octanol–water partition coefficient (Wildman–Crippen LogP) is 2.81. The van der Waals surface area contributed by atoms with Crippen LogP contribution >= 0.6 is 0 Å². The molecule has 0 atom stereocenters. The molecule has 0 aromatic heterocycles. The summed E-state index contributed by atoms with van der Waals surface area (Å²) in [6, 6.07) is 0. The second-order valence-corrected chi connectivity index (χ2v) is 4.52. The summed E-state index contributed by atoms with van der Waals surface area (Å²) in [5, 5.41) is 0. The molecule has 0 heterocycles. The van der Waals surface area contributed by atoms with Gasteiger partial charge >= 0.3 is 0 Å². The fourth-order valence-electron chi connectivity index (χ4n) is 0.766. The molecule has 0 unspecified atom stereocenters. The second kappa shape index (κ2) is 8.52. The van der Waals surface area contributed by atoms with Crippen LogP contribution in [0.5, 0.6) is 0 Å². The van der Waals surface area contributed by atoms with Crippen LogP contribution in [0.4, 0.5) is 0 Å². The monoisotopic (exact) mass is 189 g/mol. The predicted molar refractivity (Wildman–Crippen MR) is 59.9 cm³/mol. The molecule has 0 saturated carbocycles. The van der Waals surface area contributed by atoms with Gasteiger partial charge in [0.2, 0.25) is 0 Å². The van der Waals surface area contributed by atoms with E-state index < -0.39 is 0 Å². The first kappa shape index (κ1) is 15.4. The third kappa shape index (κ3) is 24.5. The number of ether oxygens (including phenoxy) is 1. The smallest absolute Gasteiger partial charge is 0.0598 e. The summed E-state index contributed by atoms with van der Waals surface area (Å²) in [5.74, 6) is 0.773. The van der Waals surface area contributed by atoms with Crippen molar-refractivity contribution in [1.29, 1.82) is 0 Å². The lowest BCUT2D eigenvalue weighted by atomic mass is 10.1. The molecule has 0 saturated heterocycles. The van der Waals surface area contributed by atoms with Crippen molar-refractivity contribution in [2.75, 3.05) is 13.2 Å². The lowest BCUT2D eigenvalue weighted by molar-refractivity contribution is 0.00532. The molecule has 0 aromatic carbocycles. The van der Waals surface area contributed by atoms with E-state index in [1.807, 2.05) is 6.92 Å². The fourth-order valence-corrected chi connectivity index (χ4v) is 0.766. The van der Waals surface area contributed by atoms with Gasteiger partial charge in [-0.05, 0) is 46.6 Å². The van der Waals surface area contributed by atoms with E-state index in [0.29, 0.717) is 0 Å². The van der Waals surface area contributed by atoms with Crippen LogP contribution in [0.2, 0.25) is 0 Å². The third-order valence-corrected chi connectivity index (χ3v) is 1.32.